The zero-order valence-corrected chi connectivity index (χ0v) is 18.2. The van der Waals surface area contributed by atoms with Gasteiger partial charge in [-0.05, 0) is 26.7 Å². The summed E-state index contributed by atoms with van der Waals surface area (Å²) in [6.45, 7) is 3.61. The molecule has 2 aliphatic heterocycles. The van der Waals surface area contributed by atoms with Crippen LogP contribution in [0.15, 0.2) is 21.9 Å². The summed E-state index contributed by atoms with van der Waals surface area (Å²) >= 11 is 0. The Kier molecular flexibility index (Phi) is 7.19. The third kappa shape index (κ3) is 5.00. The average Bonchev–Trinajstić information content (AvgIpc) is 3.00. The van der Waals surface area contributed by atoms with Crippen LogP contribution in [0.3, 0.4) is 0 Å². The van der Waals surface area contributed by atoms with Gasteiger partial charge in [-0.3, -0.25) is 32.7 Å². The number of aromatic amines is 1. The summed E-state index contributed by atoms with van der Waals surface area (Å²) in [5, 5.41) is 0. The number of fused-ring (bicyclic) bond motifs is 1. The lowest BCUT2D eigenvalue weighted by atomic mass is 9.83. The van der Waals surface area contributed by atoms with E-state index in [2.05, 4.69) is 10.9 Å². The van der Waals surface area contributed by atoms with Crippen LogP contribution in [0.1, 0.15) is 39.3 Å². The lowest BCUT2D eigenvalue weighted by Crippen LogP contribution is -2.43. The van der Waals surface area contributed by atoms with E-state index in [1.165, 1.54) is 12.3 Å². The summed E-state index contributed by atoms with van der Waals surface area (Å²) in [5.74, 6) is 2.28. The van der Waals surface area contributed by atoms with E-state index in [0.29, 0.717) is 19.4 Å². The predicted octanol–water partition coefficient (Wildman–Crippen LogP) is 1.35. The van der Waals surface area contributed by atoms with Gasteiger partial charge in [0.05, 0.1) is 19.8 Å². The molecule has 3 rings (SSSR count). The minimum atomic E-state index is -3.93. The molecule has 11 nitrogen and oxygen atoms in total. The smallest absolute Gasteiger partial charge is 0.466 e. The average molecular weight is 456 g/mol. The molecule has 12 heteroatoms. The molecule has 170 valence electrons. The first-order chi connectivity index (χ1) is 14.7. The van der Waals surface area contributed by atoms with Crippen LogP contribution in [0, 0.1) is 17.8 Å². The summed E-state index contributed by atoms with van der Waals surface area (Å²) in [4.78, 5) is 37.1. The minimum Gasteiger partial charge on any atom is -0.466 e. The van der Waals surface area contributed by atoms with Crippen LogP contribution in [0.5, 0.6) is 0 Å². The van der Waals surface area contributed by atoms with E-state index < -0.39 is 42.9 Å². The third-order valence-corrected chi connectivity index (χ3v) is 6.58. The monoisotopic (exact) mass is 456 g/mol. The van der Waals surface area contributed by atoms with Gasteiger partial charge in [0.2, 0.25) is 0 Å². The molecule has 0 saturated carbocycles. The number of terminal acetylenes is 1. The van der Waals surface area contributed by atoms with Gasteiger partial charge in [-0.15, -0.1) is 6.42 Å². The Morgan fingerprint density at radius 3 is 2.90 bits per heavy atom. The SMILES string of the molecule is C#C[C@]1(C)[C@@H]2O[P@](=O)(OCCCCC(=O)OCC)OC[C@H]2O[C@H]1n1ccc(=O)[nH]c1=O. The number of unbranched alkanes of at least 4 members (excludes halogenated alkanes) is 1. The van der Waals surface area contributed by atoms with Crippen LogP contribution in [-0.2, 0) is 32.4 Å². The number of nitrogens with one attached hydrogen (secondary N) is 1. The maximum absolute atomic E-state index is 12.9. The van der Waals surface area contributed by atoms with E-state index in [0.717, 1.165) is 4.57 Å². The number of H-pyrrole nitrogens is 1. The van der Waals surface area contributed by atoms with E-state index in [1.807, 2.05) is 0 Å². The molecule has 0 aromatic carbocycles. The van der Waals surface area contributed by atoms with Crippen LogP contribution in [-0.4, -0.2) is 47.5 Å². The first kappa shape index (κ1) is 23.4. The quantitative estimate of drug-likeness (QED) is 0.266. The summed E-state index contributed by atoms with van der Waals surface area (Å²) in [6, 6.07) is 1.17. The molecule has 0 radical (unpaired) electrons. The van der Waals surface area contributed by atoms with Gasteiger partial charge in [0.15, 0.2) is 6.23 Å². The Morgan fingerprint density at radius 2 is 2.23 bits per heavy atom. The van der Waals surface area contributed by atoms with Crippen molar-refractivity contribution in [2.24, 2.45) is 5.41 Å². The molecule has 1 aromatic heterocycles. The van der Waals surface area contributed by atoms with Gasteiger partial charge in [0.1, 0.15) is 17.6 Å². The lowest BCUT2D eigenvalue weighted by molar-refractivity contribution is -0.143. The van der Waals surface area contributed by atoms with Crippen LogP contribution < -0.4 is 11.2 Å². The zero-order valence-electron chi connectivity index (χ0n) is 17.3. The Balaban J connectivity index is 1.66. The van der Waals surface area contributed by atoms with E-state index in [-0.39, 0.29) is 25.6 Å². The maximum atomic E-state index is 12.9. The highest BCUT2D eigenvalue weighted by Gasteiger charge is 2.60. The number of phosphoric ester groups is 1. The molecule has 2 fully saturated rings. The first-order valence-corrected chi connectivity index (χ1v) is 11.4. The van der Waals surface area contributed by atoms with Gasteiger partial charge in [-0.1, -0.05) is 5.92 Å². The highest BCUT2D eigenvalue weighted by atomic mass is 31.2. The normalized spacial score (nSPS) is 32.2. The van der Waals surface area contributed by atoms with Crippen molar-refractivity contribution in [1.82, 2.24) is 9.55 Å². The Labute approximate surface area is 178 Å². The molecule has 0 unspecified atom stereocenters. The molecule has 2 aliphatic rings. The predicted molar refractivity (Wildman–Crippen MR) is 107 cm³/mol. The fourth-order valence-corrected chi connectivity index (χ4v) is 5.02. The number of hydrogen-bond donors (Lipinski definition) is 1. The van der Waals surface area contributed by atoms with Crippen molar-refractivity contribution in [2.45, 2.75) is 51.5 Å². The molecular formula is C19H25N2O9P. The topological polar surface area (TPSA) is 135 Å². The third-order valence-electron chi connectivity index (χ3n) is 5.13. The molecule has 0 bridgehead atoms. The zero-order chi connectivity index (χ0) is 22.6. The fourth-order valence-electron chi connectivity index (χ4n) is 3.51. The highest BCUT2D eigenvalue weighted by Crippen LogP contribution is 2.60. The summed E-state index contributed by atoms with van der Waals surface area (Å²) in [6.07, 6.45) is 5.65. The molecule has 1 aromatic rings. The molecule has 0 amide bonds. The Bertz CT molecular complexity index is 1010. The fraction of sp³-hybridized carbons (Fsp3) is 0.632. The number of carbonyl (C=O) groups is 1. The summed E-state index contributed by atoms with van der Waals surface area (Å²) in [7, 11) is -3.93. The second-order valence-electron chi connectivity index (χ2n) is 7.34. The van der Waals surface area contributed by atoms with E-state index in [4.69, 9.17) is 29.5 Å². The second-order valence-corrected chi connectivity index (χ2v) is 8.96. The van der Waals surface area contributed by atoms with Crippen molar-refractivity contribution in [3.8, 4) is 12.3 Å². The van der Waals surface area contributed by atoms with Crippen molar-refractivity contribution in [1.29, 1.82) is 0 Å². The number of nitrogens with zero attached hydrogens (tertiary/aromatic N) is 1. The molecule has 1 N–H and O–H groups in total. The molecule has 31 heavy (non-hydrogen) atoms. The molecule has 2 saturated heterocycles. The highest BCUT2D eigenvalue weighted by molar-refractivity contribution is 7.48. The van der Waals surface area contributed by atoms with Crippen LogP contribution in [0.25, 0.3) is 0 Å². The number of hydrogen-bond acceptors (Lipinski definition) is 9. The van der Waals surface area contributed by atoms with Crippen LogP contribution in [0.2, 0.25) is 0 Å². The van der Waals surface area contributed by atoms with E-state index in [1.54, 1.807) is 13.8 Å². The van der Waals surface area contributed by atoms with Crippen LogP contribution >= 0.6 is 7.82 Å². The van der Waals surface area contributed by atoms with E-state index >= 15 is 0 Å². The number of esters is 1. The summed E-state index contributed by atoms with van der Waals surface area (Å²) < 4.78 is 41.1. The Morgan fingerprint density at radius 1 is 1.45 bits per heavy atom. The van der Waals surface area contributed by atoms with Crippen molar-refractivity contribution >= 4 is 13.8 Å². The second kappa shape index (κ2) is 9.51. The minimum absolute atomic E-state index is 0.0461. The molecule has 3 heterocycles. The number of aromatic nitrogens is 2. The summed E-state index contributed by atoms with van der Waals surface area (Å²) in [5.41, 5.74) is -2.45. The number of carbonyl (C=O) groups excluding carboxylic acids is 1. The van der Waals surface area contributed by atoms with E-state index in [9.17, 15) is 18.9 Å². The maximum Gasteiger partial charge on any atom is 0.475 e. The van der Waals surface area contributed by atoms with Gasteiger partial charge in [0, 0.05) is 18.7 Å². The van der Waals surface area contributed by atoms with Crippen LogP contribution in [0.4, 0.5) is 0 Å². The van der Waals surface area contributed by atoms with Crippen molar-refractivity contribution < 1.29 is 32.4 Å². The molecular weight excluding hydrogens is 431 g/mol. The van der Waals surface area contributed by atoms with Gasteiger partial charge in [0.25, 0.3) is 5.56 Å². The molecule has 5 atom stereocenters. The number of rotatable bonds is 8. The van der Waals surface area contributed by atoms with Crippen molar-refractivity contribution in [3.05, 3.63) is 33.1 Å². The molecule has 0 spiro atoms. The van der Waals surface area contributed by atoms with Crippen molar-refractivity contribution in [2.75, 3.05) is 19.8 Å². The number of ether oxygens (including phenoxy) is 2. The van der Waals surface area contributed by atoms with Gasteiger partial charge >= 0.3 is 19.5 Å². The standard InChI is InChI=1S/C19H25N2O9P/c1-4-19(3)16-13(29-17(19)21-10-9-14(22)20-18(21)24)12-28-31(25,30-16)27-11-7-6-8-15(23)26-5-2/h1,9-10,13,16-17H,5-8,11-12H2,2-3H3,(H,20,22,24)/t13-,16-,17-,19-,31-/m1/s1. The van der Waals surface area contributed by atoms with Gasteiger partial charge in [-0.2, -0.15) is 0 Å². The molecule has 0 aliphatic carbocycles. The Hall–Kier alpha value is -2.22. The first-order valence-electron chi connectivity index (χ1n) is 9.90. The largest absolute Gasteiger partial charge is 0.475 e. The lowest BCUT2D eigenvalue weighted by Gasteiger charge is -2.35. The van der Waals surface area contributed by atoms with Crippen molar-refractivity contribution in [3.63, 3.8) is 0 Å². The van der Waals surface area contributed by atoms with Gasteiger partial charge in [-0.25, -0.2) is 9.36 Å². The number of phosphoric acid groups is 1. The van der Waals surface area contributed by atoms with Gasteiger partial charge < -0.3 is 9.47 Å².